The number of hydrogen-bond acceptors (Lipinski definition) is 6. The van der Waals surface area contributed by atoms with E-state index in [1.54, 1.807) is 6.92 Å². The number of carbonyl (C=O) groups excluding carboxylic acids is 1. The number of halogens is 1. The first-order valence-electron chi connectivity index (χ1n) is 10.2. The summed E-state index contributed by atoms with van der Waals surface area (Å²) in [5.74, 6) is -0.231. The number of sulfonamides is 1. The van der Waals surface area contributed by atoms with Crippen LogP contribution in [-0.4, -0.2) is 32.3 Å². The fourth-order valence-corrected chi connectivity index (χ4v) is 4.75. The molecule has 4 rings (SSSR count). The Labute approximate surface area is 201 Å². The molecule has 0 aliphatic rings. The Morgan fingerprint density at radius 2 is 1.71 bits per heavy atom. The summed E-state index contributed by atoms with van der Waals surface area (Å²) >= 11 is 5.81. The van der Waals surface area contributed by atoms with Gasteiger partial charge in [-0.2, -0.15) is 4.31 Å². The Kier molecular flexibility index (Phi) is 6.56. The zero-order chi connectivity index (χ0) is 24.5. The predicted octanol–water partition coefficient (Wildman–Crippen LogP) is 4.65. The molecule has 0 bridgehead atoms. The fraction of sp³-hybridized carbons (Fsp3) is 0.120. The van der Waals surface area contributed by atoms with Crippen molar-refractivity contribution in [1.82, 2.24) is 4.31 Å². The topological polar surface area (TPSA) is 93.9 Å². The van der Waals surface area contributed by atoms with Gasteiger partial charge in [0.15, 0.2) is 0 Å². The molecule has 0 aliphatic heterocycles. The van der Waals surface area contributed by atoms with Crippen molar-refractivity contribution >= 4 is 38.6 Å². The highest BCUT2D eigenvalue weighted by Crippen LogP contribution is 2.26. The maximum atomic E-state index is 13.0. The van der Waals surface area contributed by atoms with E-state index in [1.807, 2.05) is 30.3 Å². The van der Waals surface area contributed by atoms with Crippen molar-refractivity contribution in [2.24, 2.45) is 0 Å². The first-order valence-corrected chi connectivity index (χ1v) is 12.0. The van der Waals surface area contributed by atoms with Gasteiger partial charge in [0.2, 0.25) is 15.5 Å². The molecule has 0 N–H and O–H groups in total. The van der Waals surface area contributed by atoms with Crippen molar-refractivity contribution in [2.45, 2.75) is 11.8 Å². The summed E-state index contributed by atoms with van der Waals surface area (Å²) in [6.07, 6.45) is 0. The van der Waals surface area contributed by atoms with Crippen molar-refractivity contribution in [3.63, 3.8) is 0 Å². The van der Waals surface area contributed by atoms with Gasteiger partial charge in [-0.15, -0.1) is 0 Å². The Bertz CT molecular complexity index is 1530. The van der Waals surface area contributed by atoms with Gasteiger partial charge in [0, 0.05) is 18.1 Å². The summed E-state index contributed by atoms with van der Waals surface area (Å²) < 4.78 is 37.4. The van der Waals surface area contributed by atoms with Gasteiger partial charge in [-0.1, -0.05) is 41.9 Å². The first-order chi connectivity index (χ1) is 16.2. The summed E-state index contributed by atoms with van der Waals surface area (Å²) in [4.78, 5) is 25.5. The van der Waals surface area contributed by atoms with E-state index in [0.29, 0.717) is 21.7 Å². The number of fused-ring (bicyclic) bond motifs is 1. The van der Waals surface area contributed by atoms with Crippen LogP contribution in [0.15, 0.2) is 86.9 Å². The highest BCUT2D eigenvalue weighted by molar-refractivity contribution is 7.89. The molecule has 1 heterocycles. The van der Waals surface area contributed by atoms with Crippen molar-refractivity contribution in [2.75, 3.05) is 13.6 Å². The molecule has 0 aliphatic carbocycles. The summed E-state index contributed by atoms with van der Waals surface area (Å²) in [7, 11) is -2.63. The van der Waals surface area contributed by atoms with Crippen LogP contribution in [0.2, 0.25) is 5.02 Å². The minimum absolute atomic E-state index is 0.00405. The molecule has 7 nitrogen and oxygen atoms in total. The molecule has 0 fully saturated rings. The fourth-order valence-electron chi connectivity index (χ4n) is 3.50. The van der Waals surface area contributed by atoms with Crippen molar-refractivity contribution in [3.05, 3.63) is 93.8 Å². The van der Waals surface area contributed by atoms with E-state index in [2.05, 4.69) is 0 Å². The van der Waals surface area contributed by atoms with Gasteiger partial charge in [-0.25, -0.2) is 8.42 Å². The van der Waals surface area contributed by atoms with Crippen LogP contribution in [0.5, 0.6) is 5.75 Å². The van der Waals surface area contributed by atoms with Crippen molar-refractivity contribution < 1.29 is 22.4 Å². The molecule has 0 saturated heterocycles. The molecule has 9 heteroatoms. The largest absolute Gasteiger partial charge is 0.460 e. The van der Waals surface area contributed by atoms with Crippen LogP contribution in [0.4, 0.5) is 0 Å². The Hall–Kier alpha value is -3.46. The molecule has 1 aromatic heterocycles. The molecular formula is C25H20ClNO6S. The zero-order valence-corrected chi connectivity index (χ0v) is 19.9. The number of aryl methyl sites for hydroxylation is 1. The number of likely N-dealkylation sites (N-methyl/N-ethyl adjacent to an activating group) is 1. The van der Waals surface area contributed by atoms with Crippen LogP contribution in [0, 0.1) is 6.92 Å². The molecule has 0 radical (unpaired) electrons. The Morgan fingerprint density at radius 1 is 1.03 bits per heavy atom. The van der Waals surface area contributed by atoms with Crippen LogP contribution in [0.3, 0.4) is 0 Å². The van der Waals surface area contributed by atoms with Gasteiger partial charge in [-0.05, 0) is 48.9 Å². The van der Waals surface area contributed by atoms with Gasteiger partial charge in [0.25, 0.3) is 0 Å². The number of benzene rings is 3. The standard InChI is InChI=1S/C25H20ClNO6S/c1-16-24(17-6-4-3-5-7-17)25(29)21-13-10-19(14-22(21)32-16)33-23(28)15-27(2)34(30,31)20-11-8-18(26)9-12-20/h3-14H,15H2,1-2H3. The van der Waals surface area contributed by atoms with Gasteiger partial charge in [0.1, 0.15) is 23.6 Å². The number of rotatable bonds is 6. The minimum Gasteiger partial charge on any atom is -0.460 e. The van der Waals surface area contributed by atoms with Gasteiger partial charge >= 0.3 is 5.97 Å². The van der Waals surface area contributed by atoms with E-state index >= 15 is 0 Å². The van der Waals surface area contributed by atoms with E-state index in [9.17, 15) is 18.0 Å². The lowest BCUT2D eigenvalue weighted by molar-refractivity contribution is -0.134. The summed E-state index contributed by atoms with van der Waals surface area (Å²) in [5, 5.41) is 0.738. The molecule has 0 spiro atoms. The lowest BCUT2D eigenvalue weighted by Gasteiger charge is -2.16. The molecule has 0 unspecified atom stereocenters. The molecule has 174 valence electrons. The number of esters is 1. The second-order valence-corrected chi connectivity index (χ2v) is 10.1. The lowest BCUT2D eigenvalue weighted by Crippen LogP contribution is -2.34. The van der Waals surface area contributed by atoms with E-state index < -0.39 is 22.5 Å². The highest BCUT2D eigenvalue weighted by Gasteiger charge is 2.24. The summed E-state index contributed by atoms with van der Waals surface area (Å²) in [6.45, 7) is 1.18. The van der Waals surface area contributed by atoms with Gasteiger partial charge in [0.05, 0.1) is 15.8 Å². The summed E-state index contributed by atoms with van der Waals surface area (Å²) in [6, 6.07) is 19.2. The molecule has 34 heavy (non-hydrogen) atoms. The maximum absolute atomic E-state index is 13.0. The highest BCUT2D eigenvalue weighted by atomic mass is 35.5. The first kappa shape index (κ1) is 23.7. The quantitative estimate of drug-likeness (QED) is 0.284. The van der Waals surface area contributed by atoms with Gasteiger partial charge < -0.3 is 9.15 Å². The number of hydrogen-bond donors (Lipinski definition) is 0. The number of nitrogens with zero attached hydrogens (tertiary/aromatic N) is 1. The van der Waals surface area contributed by atoms with Crippen LogP contribution in [-0.2, 0) is 14.8 Å². The average molecular weight is 498 g/mol. The second kappa shape index (κ2) is 9.42. The normalized spacial score (nSPS) is 11.6. The zero-order valence-electron chi connectivity index (χ0n) is 18.3. The van der Waals surface area contributed by atoms with E-state index in [-0.39, 0.29) is 21.7 Å². The maximum Gasteiger partial charge on any atom is 0.326 e. The van der Waals surface area contributed by atoms with E-state index in [1.165, 1.54) is 49.5 Å². The third kappa shape index (κ3) is 4.75. The van der Waals surface area contributed by atoms with Crippen LogP contribution in [0.25, 0.3) is 22.1 Å². The average Bonchev–Trinajstić information content (AvgIpc) is 2.79. The van der Waals surface area contributed by atoms with E-state index in [4.69, 9.17) is 20.8 Å². The number of ether oxygens (including phenoxy) is 1. The van der Waals surface area contributed by atoms with Crippen LogP contribution >= 0.6 is 11.6 Å². The lowest BCUT2D eigenvalue weighted by atomic mass is 10.0. The predicted molar refractivity (Wildman–Crippen MR) is 130 cm³/mol. The van der Waals surface area contributed by atoms with Gasteiger partial charge in [-0.3, -0.25) is 9.59 Å². The molecule has 0 amide bonds. The third-order valence-electron chi connectivity index (χ3n) is 5.21. The molecule has 4 aromatic rings. The molecule has 0 saturated carbocycles. The van der Waals surface area contributed by atoms with Crippen molar-refractivity contribution in [3.8, 4) is 16.9 Å². The smallest absolute Gasteiger partial charge is 0.326 e. The summed E-state index contributed by atoms with van der Waals surface area (Å²) in [5.41, 5.74) is 1.27. The minimum atomic E-state index is -3.91. The SMILES string of the molecule is Cc1oc2cc(OC(=O)CN(C)S(=O)(=O)c3ccc(Cl)cc3)ccc2c(=O)c1-c1ccccc1. The molecule has 0 atom stereocenters. The molecule has 3 aromatic carbocycles. The van der Waals surface area contributed by atoms with E-state index in [0.717, 1.165) is 9.87 Å². The Morgan fingerprint density at radius 3 is 2.38 bits per heavy atom. The number of carbonyl (C=O) groups is 1. The third-order valence-corrected chi connectivity index (χ3v) is 7.28. The van der Waals surface area contributed by atoms with Crippen LogP contribution in [0.1, 0.15) is 5.76 Å². The van der Waals surface area contributed by atoms with Crippen LogP contribution < -0.4 is 10.2 Å². The second-order valence-electron chi connectivity index (χ2n) is 7.58. The van der Waals surface area contributed by atoms with Crippen molar-refractivity contribution in [1.29, 1.82) is 0 Å². The molecular weight excluding hydrogens is 478 g/mol. The Balaban J connectivity index is 1.55. The monoisotopic (exact) mass is 497 g/mol.